The molecular formula is C18H18F2N2O4S. The van der Waals surface area contributed by atoms with E-state index in [1.165, 1.54) is 12.1 Å². The van der Waals surface area contributed by atoms with Crippen LogP contribution in [0.4, 0.5) is 14.5 Å². The van der Waals surface area contributed by atoms with E-state index < -0.39 is 38.6 Å². The zero-order valence-corrected chi connectivity index (χ0v) is 15.3. The van der Waals surface area contributed by atoms with E-state index in [1.807, 2.05) is 6.92 Å². The van der Waals surface area contributed by atoms with Crippen LogP contribution in [-0.4, -0.2) is 33.5 Å². The SMILES string of the molecule is CCCNC(=O)[C@@H]1CN(S(=O)(=O)c2cc(F)cc(F)c2)c2ccccc2O1. The van der Waals surface area contributed by atoms with Gasteiger partial charge in [-0.25, -0.2) is 17.2 Å². The van der Waals surface area contributed by atoms with E-state index in [9.17, 15) is 22.0 Å². The molecule has 1 N–H and O–H groups in total. The second kappa shape index (κ2) is 7.51. The molecule has 144 valence electrons. The predicted octanol–water partition coefficient (Wildman–Crippen LogP) is 2.45. The molecular weight excluding hydrogens is 378 g/mol. The van der Waals surface area contributed by atoms with Crippen molar-refractivity contribution in [2.24, 2.45) is 0 Å². The topological polar surface area (TPSA) is 75.7 Å². The summed E-state index contributed by atoms with van der Waals surface area (Å²) in [7, 11) is -4.31. The van der Waals surface area contributed by atoms with Crippen LogP contribution in [0.3, 0.4) is 0 Å². The van der Waals surface area contributed by atoms with Crippen molar-refractivity contribution in [2.45, 2.75) is 24.3 Å². The van der Waals surface area contributed by atoms with E-state index in [-0.39, 0.29) is 18.0 Å². The first kappa shape index (κ1) is 19.1. The van der Waals surface area contributed by atoms with Gasteiger partial charge in [0, 0.05) is 12.6 Å². The lowest BCUT2D eigenvalue weighted by Crippen LogP contribution is -2.50. The Morgan fingerprint density at radius 3 is 2.56 bits per heavy atom. The second-order valence-corrected chi connectivity index (χ2v) is 7.87. The Morgan fingerprint density at radius 2 is 1.89 bits per heavy atom. The van der Waals surface area contributed by atoms with Crippen molar-refractivity contribution in [1.82, 2.24) is 5.32 Å². The number of halogens is 2. The molecule has 9 heteroatoms. The highest BCUT2D eigenvalue weighted by atomic mass is 32.2. The fourth-order valence-electron chi connectivity index (χ4n) is 2.73. The van der Waals surface area contributed by atoms with Crippen LogP contribution in [0.1, 0.15) is 13.3 Å². The van der Waals surface area contributed by atoms with Crippen LogP contribution < -0.4 is 14.4 Å². The van der Waals surface area contributed by atoms with Crippen molar-refractivity contribution in [3.05, 3.63) is 54.1 Å². The van der Waals surface area contributed by atoms with Gasteiger partial charge in [-0.15, -0.1) is 0 Å². The summed E-state index contributed by atoms with van der Waals surface area (Å²) in [6.07, 6.45) is -0.376. The molecule has 0 saturated heterocycles. The molecule has 0 spiro atoms. The third kappa shape index (κ3) is 3.87. The molecule has 2 aromatic rings. The van der Waals surface area contributed by atoms with Crippen LogP contribution in [0.5, 0.6) is 5.75 Å². The van der Waals surface area contributed by atoms with Crippen molar-refractivity contribution < 1.29 is 26.7 Å². The Hall–Kier alpha value is -2.68. The number of sulfonamides is 1. The number of hydrogen-bond acceptors (Lipinski definition) is 4. The van der Waals surface area contributed by atoms with E-state index in [2.05, 4.69) is 5.32 Å². The Kier molecular flexibility index (Phi) is 5.31. The highest BCUT2D eigenvalue weighted by Crippen LogP contribution is 2.37. The summed E-state index contributed by atoms with van der Waals surface area (Å²) in [6.45, 7) is 1.99. The van der Waals surface area contributed by atoms with Gasteiger partial charge < -0.3 is 10.1 Å². The van der Waals surface area contributed by atoms with E-state index >= 15 is 0 Å². The summed E-state index contributed by atoms with van der Waals surface area (Å²) in [5.41, 5.74) is 0.196. The van der Waals surface area contributed by atoms with Gasteiger partial charge in [-0.2, -0.15) is 0 Å². The predicted molar refractivity (Wildman–Crippen MR) is 95.0 cm³/mol. The Morgan fingerprint density at radius 1 is 1.22 bits per heavy atom. The van der Waals surface area contributed by atoms with Gasteiger partial charge in [0.2, 0.25) is 0 Å². The van der Waals surface area contributed by atoms with Crippen LogP contribution >= 0.6 is 0 Å². The van der Waals surface area contributed by atoms with E-state index in [0.717, 1.165) is 16.4 Å². The molecule has 1 aliphatic heterocycles. The molecule has 1 aliphatic rings. The number of fused-ring (bicyclic) bond motifs is 1. The minimum Gasteiger partial charge on any atom is -0.476 e. The molecule has 6 nitrogen and oxygen atoms in total. The standard InChI is InChI=1S/C18H18F2N2O4S/c1-2-7-21-18(23)17-11-22(15-5-3-4-6-16(15)26-17)27(24,25)14-9-12(19)8-13(20)10-14/h3-6,8-10,17H,2,7,11H2,1H3,(H,21,23)/t17-/m0/s1. The zero-order valence-electron chi connectivity index (χ0n) is 14.5. The van der Waals surface area contributed by atoms with Crippen molar-refractivity contribution in [1.29, 1.82) is 0 Å². The highest BCUT2D eigenvalue weighted by Gasteiger charge is 2.37. The van der Waals surface area contributed by atoms with Gasteiger partial charge in [0.25, 0.3) is 15.9 Å². The maximum Gasteiger partial charge on any atom is 0.264 e. The maximum absolute atomic E-state index is 13.6. The number of ether oxygens (including phenoxy) is 1. The quantitative estimate of drug-likeness (QED) is 0.842. The number of amides is 1. The molecule has 27 heavy (non-hydrogen) atoms. The summed E-state index contributed by atoms with van der Waals surface area (Å²) < 4.78 is 59.8. The monoisotopic (exact) mass is 396 g/mol. The van der Waals surface area contributed by atoms with E-state index in [4.69, 9.17) is 4.74 Å². The third-order valence-corrected chi connectivity index (χ3v) is 5.76. The smallest absolute Gasteiger partial charge is 0.264 e. The molecule has 1 heterocycles. The van der Waals surface area contributed by atoms with Gasteiger partial charge in [0.05, 0.1) is 17.1 Å². The maximum atomic E-state index is 13.6. The summed E-state index contributed by atoms with van der Waals surface area (Å²) in [4.78, 5) is 11.8. The molecule has 0 saturated carbocycles. The second-order valence-electron chi connectivity index (χ2n) is 6.01. The highest BCUT2D eigenvalue weighted by molar-refractivity contribution is 7.92. The summed E-state index contributed by atoms with van der Waals surface area (Å²) in [5.74, 6) is -2.28. The lowest BCUT2D eigenvalue weighted by Gasteiger charge is -2.34. The molecule has 0 unspecified atom stereocenters. The Bertz CT molecular complexity index is 945. The van der Waals surface area contributed by atoms with Gasteiger partial charge in [0.15, 0.2) is 6.10 Å². The fourth-order valence-corrected chi connectivity index (χ4v) is 4.25. The molecule has 2 aromatic carbocycles. The lowest BCUT2D eigenvalue weighted by atomic mass is 10.2. The Balaban J connectivity index is 2.03. The van der Waals surface area contributed by atoms with Crippen LogP contribution in [-0.2, 0) is 14.8 Å². The third-order valence-electron chi connectivity index (χ3n) is 4.00. The average molecular weight is 396 g/mol. The number of carbonyl (C=O) groups excluding carboxylic acids is 1. The van der Waals surface area contributed by atoms with Gasteiger partial charge >= 0.3 is 0 Å². The molecule has 0 fully saturated rings. The number of anilines is 1. The van der Waals surface area contributed by atoms with E-state index in [0.29, 0.717) is 19.0 Å². The minimum atomic E-state index is -4.31. The summed E-state index contributed by atoms with van der Waals surface area (Å²) >= 11 is 0. The molecule has 0 aliphatic carbocycles. The van der Waals surface area contributed by atoms with Gasteiger partial charge in [-0.1, -0.05) is 19.1 Å². The van der Waals surface area contributed by atoms with Gasteiger partial charge in [-0.05, 0) is 30.7 Å². The molecule has 0 aromatic heterocycles. The molecule has 1 amide bonds. The van der Waals surface area contributed by atoms with Crippen LogP contribution in [0, 0.1) is 11.6 Å². The van der Waals surface area contributed by atoms with Crippen molar-refractivity contribution in [3.8, 4) is 5.75 Å². The molecule has 1 atom stereocenters. The number of carbonyl (C=O) groups is 1. The van der Waals surface area contributed by atoms with Gasteiger partial charge in [0.1, 0.15) is 17.4 Å². The number of benzene rings is 2. The number of para-hydroxylation sites is 2. The normalized spacial score (nSPS) is 16.4. The first-order chi connectivity index (χ1) is 12.8. The average Bonchev–Trinajstić information content (AvgIpc) is 2.64. The Labute approximate surface area is 155 Å². The van der Waals surface area contributed by atoms with Crippen molar-refractivity contribution in [2.75, 3.05) is 17.4 Å². The first-order valence-electron chi connectivity index (χ1n) is 8.35. The van der Waals surface area contributed by atoms with Crippen LogP contribution in [0.15, 0.2) is 47.4 Å². The zero-order chi connectivity index (χ0) is 19.6. The number of rotatable bonds is 5. The largest absolute Gasteiger partial charge is 0.476 e. The molecule has 3 rings (SSSR count). The molecule has 0 bridgehead atoms. The summed E-state index contributed by atoms with van der Waals surface area (Å²) in [6, 6.07) is 8.34. The van der Waals surface area contributed by atoms with Gasteiger partial charge in [-0.3, -0.25) is 9.10 Å². The van der Waals surface area contributed by atoms with Crippen LogP contribution in [0.2, 0.25) is 0 Å². The molecule has 0 radical (unpaired) electrons. The lowest BCUT2D eigenvalue weighted by molar-refractivity contribution is -0.127. The number of hydrogen-bond donors (Lipinski definition) is 1. The first-order valence-corrected chi connectivity index (χ1v) is 9.79. The number of nitrogens with zero attached hydrogens (tertiary/aromatic N) is 1. The fraction of sp³-hybridized carbons (Fsp3) is 0.278. The minimum absolute atomic E-state index is 0.195. The number of nitrogens with one attached hydrogen (secondary N) is 1. The van der Waals surface area contributed by atoms with E-state index in [1.54, 1.807) is 12.1 Å². The summed E-state index contributed by atoms with van der Waals surface area (Å²) in [5, 5.41) is 2.66. The van der Waals surface area contributed by atoms with Crippen molar-refractivity contribution in [3.63, 3.8) is 0 Å². The van der Waals surface area contributed by atoms with Crippen LogP contribution in [0.25, 0.3) is 0 Å². The van der Waals surface area contributed by atoms with Crippen molar-refractivity contribution >= 4 is 21.6 Å².